The Kier molecular flexibility index (Phi) is 5.92. The van der Waals surface area contributed by atoms with Crippen LogP contribution in [0.2, 0.25) is 0 Å². The Balaban J connectivity index is 2.69. The number of hydrogen-bond acceptors (Lipinski definition) is 4. The van der Waals surface area contributed by atoms with Crippen molar-refractivity contribution in [2.75, 3.05) is 19.8 Å². The molecule has 0 radical (unpaired) electrons. The molecule has 4 nitrogen and oxygen atoms in total. The van der Waals surface area contributed by atoms with Crippen LogP contribution in [0.1, 0.15) is 40.5 Å². The molecular weight excluding hydrogens is 218 g/mol. The Labute approximate surface area is 104 Å². The van der Waals surface area contributed by atoms with Gasteiger partial charge < -0.3 is 9.47 Å². The van der Waals surface area contributed by atoms with E-state index in [0.717, 1.165) is 19.4 Å². The fourth-order valence-electron chi connectivity index (χ4n) is 2.29. The second-order valence-electron chi connectivity index (χ2n) is 4.75. The molecule has 3 atom stereocenters. The van der Waals surface area contributed by atoms with Gasteiger partial charge in [0.1, 0.15) is 6.04 Å². The molecule has 1 aliphatic rings. The molecule has 0 aliphatic carbocycles. The van der Waals surface area contributed by atoms with Crippen LogP contribution in [0.4, 0.5) is 0 Å². The van der Waals surface area contributed by atoms with E-state index in [1.165, 1.54) is 0 Å². The summed E-state index contributed by atoms with van der Waals surface area (Å²) in [4.78, 5) is 14.2. The van der Waals surface area contributed by atoms with Crippen molar-refractivity contribution in [1.29, 1.82) is 0 Å². The number of rotatable bonds is 5. The first kappa shape index (κ1) is 14.5. The minimum absolute atomic E-state index is 0.0877. The van der Waals surface area contributed by atoms with Crippen LogP contribution in [0.5, 0.6) is 0 Å². The van der Waals surface area contributed by atoms with Gasteiger partial charge >= 0.3 is 5.97 Å². The van der Waals surface area contributed by atoms with Gasteiger partial charge in [0.15, 0.2) is 0 Å². The van der Waals surface area contributed by atoms with E-state index >= 15 is 0 Å². The summed E-state index contributed by atoms with van der Waals surface area (Å²) in [6.07, 6.45) is 2.04. The Morgan fingerprint density at radius 1 is 1.47 bits per heavy atom. The molecule has 0 aromatic rings. The SMILES string of the molecule is CCCC(C(=O)OCC)N1CC(C)OCC1C. The quantitative estimate of drug-likeness (QED) is 0.691. The van der Waals surface area contributed by atoms with Crippen molar-refractivity contribution in [1.82, 2.24) is 4.90 Å². The van der Waals surface area contributed by atoms with Crippen molar-refractivity contribution < 1.29 is 14.3 Å². The average molecular weight is 243 g/mol. The molecule has 100 valence electrons. The van der Waals surface area contributed by atoms with Crippen LogP contribution < -0.4 is 0 Å². The van der Waals surface area contributed by atoms with Gasteiger partial charge in [-0.25, -0.2) is 0 Å². The number of carbonyl (C=O) groups excluding carboxylic acids is 1. The standard InChI is InChI=1S/C13H25NO3/c1-5-7-12(13(15)16-6-2)14-8-11(4)17-9-10(14)3/h10-12H,5-9H2,1-4H3. The second-order valence-corrected chi connectivity index (χ2v) is 4.75. The summed E-state index contributed by atoms with van der Waals surface area (Å²) in [5.41, 5.74) is 0. The van der Waals surface area contributed by atoms with Crippen molar-refractivity contribution in [3.8, 4) is 0 Å². The topological polar surface area (TPSA) is 38.8 Å². The molecular formula is C13H25NO3. The van der Waals surface area contributed by atoms with Gasteiger partial charge in [-0.1, -0.05) is 13.3 Å². The van der Waals surface area contributed by atoms with Gasteiger partial charge in [-0.15, -0.1) is 0 Å². The number of morpholine rings is 1. The average Bonchev–Trinajstić information content (AvgIpc) is 2.30. The van der Waals surface area contributed by atoms with Crippen LogP contribution in [0, 0.1) is 0 Å². The lowest BCUT2D eigenvalue weighted by Crippen LogP contribution is -2.55. The van der Waals surface area contributed by atoms with E-state index in [1.54, 1.807) is 0 Å². The Hall–Kier alpha value is -0.610. The maximum absolute atomic E-state index is 12.0. The monoisotopic (exact) mass is 243 g/mol. The predicted molar refractivity (Wildman–Crippen MR) is 66.9 cm³/mol. The number of hydrogen-bond donors (Lipinski definition) is 0. The van der Waals surface area contributed by atoms with E-state index in [9.17, 15) is 4.79 Å². The van der Waals surface area contributed by atoms with Gasteiger partial charge in [-0.2, -0.15) is 0 Å². The van der Waals surface area contributed by atoms with Crippen molar-refractivity contribution in [2.24, 2.45) is 0 Å². The van der Waals surface area contributed by atoms with E-state index in [1.807, 2.05) is 13.8 Å². The number of carbonyl (C=O) groups is 1. The lowest BCUT2D eigenvalue weighted by atomic mass is 10.1. The van der Waals surface area contributed by atoms with E-state index in [2.05, 4.69) is 18.7 Å². The third kappa shape index (κ3) is 3.96. The number of nitrogens with zero attached hydrogens (tertiary/aromatic N) is 1. The van der Waals surface area contributed by atoms with E-state index in [0.29, 0.717) is 13.2 Å². The molecule has 1 heterocycles. The van der Waals surface area contributed by atoms with Crippen molar-refractivity contribution >= 4 is 5.97 Å². The maximum atomic E-state index is 12.0. The van der Waals surface area contributed by atoms with E-state index in [-0.39, 0.29) is 24.2 Å². The summed E-state index contributed by atoms with van der Waals surface area (Å²) in [6.45, 7) is 10.1. The highest BCUT2D eigenvalue weighted by Gasteiger charge is 2.33. The summed E-state index contributed by atoms with van der Waals surface area (Å²) >= 11 is 0. The molecule has 0 saturated carbocycles. The number of esters is 1. The smallest absolute Gasteiger partial charge is 0.323 e. The van der Waals surface area contributed by atoms with Crippen LogP contribution in [0.15, 0.2) is 0 Å². The first-order valence-electron chi connectivity index (χ1n) is 6.64. The van der Waals surface area contributed by atoms with Gasteiger partial charge in [0.05, 0.1) is 19.3 Å². The summed E-state index contributed by atoms with van der Waals surface area (Å²) in [5.74, 6) is -0.0877. The summed E-state index contributed by atoms with van der Waals surface area (Å²) in [5, 5.41) is 0. The molecule has 0 bridgehead atoms. The molecule has 1 aliphatic heterocycles. The molecule has 1 fully saturated rings. The molecule has 3 unspecified atom stereocenters. The zero-order valence-electron chi connectivity index (χ0n) is 11.4. The van der Waals surface area contributed by atoms with Crippen LogP contribution in [0.3, 0.4) is 0 Å². The van der Waals surface area contributed by atoms with Crippen molar-refractivity contribution in [3.05, 3.63) is 0 Å². The van der Waals surface area contributed by atoms with Crippen LogP contribution in [-0.4, -0.2) is 48.8 Å². The highest BCUT2D eigenvalue weighted by molar-refractivity contribution is 5.75. The summed E-state index contributed by atoms with van der Waals surface area (Å²) in [6, 6.07) is 0.174. The largest absolute Gasteiger partial charge is 0.465 e. The maximum Gasteiger partial charge on any atom is 0.323 e. The van der Waals surface area contributed by atoms with E-state index in [4.69, 9.17) is 9.47 Å². The molecule has 1 saturated heterocycles. The van der Waals surface area contributed by atoms with Gasteiger partial charge in [0.25, 0.3) is 0 Å². The number of ether oxygens (including phenoxy) is 2. The molecule has 0 aromatic heterocycles. The lowest BCUT2D eigenvalue weighted by Gasteiger charge is -2.40. The first-order valence-corrected chi connectivity index (χ1v) is 6.64. The lowest BCUT2D eigenvalue weighted by molar-refractivity contribution is -0.155. The highest BCUT2D eigenvalue weighted by Crippen LogP contribution is 2.19. The van der Waals surface area contributed by atoms with Crippen molar-refractivity contribution in [2.45, 2.75) is 58.7 Å². The molecule has 0 spiro atoms. The Morgan fingerprint density at radius 3 is 2.76 bits per heavy atom. The van der Waals surface area contributed by atoms with E-state index < -0.39 is 0 Å². The fraction of sp³-hybridized carbons (Fsp3) is 0.923. The van der Waals surface area contributed by atoms with Crippen LogP contribution in [-0.2, 0) is 14.3 Å². The minimum Gasteiger partial charge on any atom is -0.465 e. The Bertz CT molecular complexity index is 245. The Morgan fingerprint density at radius 2 is 2.18 bits per heavy atom. The molecule has 4 heteroatoms. The molecule has 17 heavy (non-hydrogen) atoms. The van der Waals surface area contributed by atoms with Gasteiger partial charge in [-0.3, -0.25) is 9.69 Å². The summed E-state index contributed by atoms with van der Waals surface area (Å²) in [7, 11) is 0. The predicted octanol–water partition coefficient (Wildman–Crippen LogP) is 1.83. The zero-order chi connectivity index (χ0) is 12.8. The second kappa shape index (κ2) is 6.97. The van der Waals surface area contributed by atoms with Crippen LogP contribution in [0.25, 0.3) is 0 Å². The molecule has 0 amide bonds. The van der Waals surface area contributed by atoms with Crippen molar-refractivity contribution in [3.63, 3.8) is 0 Å². The third-order valence-corrected chi connectivity index (χ3v) is 3.18. The summed E-state index contributed by atoms with van der Waals surface area (Å²) < 4.78 is 10.8. The molecule has 0 aromatic carbocycles. The normalized spacial score (nSPS) is 27.8. The highest BCUT2D eigenvalue weighted by atomic mass is 16.5. The molecule has 1 rings (SSSR count). The van der Waals surface area contributed by atoms with Gasteiger partial charge in [0, 0.05) is 12.6 Å². The van der Waals surface area contributed by atoms with Gasteiger partial charge in [-0.05, 0) is 27.2 Å². The first-order chi connectivity index (χ1) is 8.10. The molecule has 0 N–H and O–H groups in total. The zero-order valence-corrected chi connectivity index (χ0v) is 11.4. The minimum atomic E-state index is -0.110. The third-order valence-electron chi connectivity index (χ3n) is 3.18. The fourth-order valence-corrected chi connectivity index (χ4v) is 2.29. The van der Waals surface area contributed by atoms with Crippen LogP contribution >= 0.6 is 0 Å². The van der Waals surface area contributed by atoms with Gasteiger partial charge in [0.2, 0.25) is 0 Å².